The van der Waals surface area contributed by atoms with Crippen LogP contribution in [-0.2, 0) is 4.79 Å². The van der Waals surface area contributed by atoms with Gasteiger partial charge in [-0.15, -0.1) is 0 Å². The molecule has 2 amide bonds. The first-order chi connectivity index (χ1) is 10.8. The minimum Gasteiger partial charge on any atom is -0.347 e. The minimum absolute atomic E-state index is 0.00689. The van der Waals surface area contributed by atoms with E-state index in [0.29, 0.717) is 11.3 Å². The molecule has 0 radical (unpaired) electrons. The van der Waals surface area contributed by atoms with Crippen LogP contribution in [0, 0.1) is 5.92 Å². The molecule has 1 aliphatic rings. The number of anilines is 1. The number of nitrogens with zero attached hydrogens (tertiary/aromatic N) is 1. The van der Waals surface area contributed by atoms with Gasteiger partial charge in [0.2, 0.25) is 5.91 Å². The van der Waals surface area contributed by atoms with Crippen molar-refractivity contribution in [1.82, 2.24) is 10.2 Å². The van der Waals surface area contributed by atoms with Crippen molar-refractivity contribution in [2.24, 2.45) is 5.92 Å². The third-order valence-electron chi connectivity index (χ3n) is 3.91. The lowest BCUT2D eigenvalue weighted by molar-refractivity contribution is -0.121. The quantitative estimate of drug-likeness (QED) is 0.900. The number of para-hydroxylation sites is 1. The molecule has 0 spiro atoms. The Labute approximate surface area is 138 Å². The van der Waals surface area contributed by atoms with Gasteiger partial charge in [-0.25, -0.2) is 0 Å². The lowest BCUT2D eigenvalue weighted by atomic mass is 9.97. The van der Waals surface area contributed by atoms with Crippen LogP contribution in [0.2, 0.25) is 0 Å². The number of nitrogens with one attached hydrogen (secondary N) is 2. The number of carbonyl (C=O) groups is 2. The number of hydrogen-bond donors (Lipinski definition) is 2. The first kappa shape index (κ1) is 17.5. The Morgan fingerprint density at radius 3 is 2.57 bits per heavy atom. The number of hydrogen-bond acceptors (Lipinski definition) is 3. The second-order valence-electron chi connectivity index (χ2n) is 7.34. The summed E-state index contributed by atoms with van der Waals surface area (Å²) in [5.74, 6) is -0.200. The van der Waals surface area contributed by atoms with Gasteiger partial charge in [0, 0.05) is 12.1 Å². The second-order valence-corrected chi connectivity index (χ2v) is 7.34. The molecule has 1 saturated heterocycles. The summed E-state index contributed by atoms with van der Waals surface area (Å²) in [6, 6.07) is 7.16. The molecule has 23 heavy (non-hydrogen) atoms. The first-order valence-corrected chi connectivity index (χ1v) is 8.17. The summed E-state index contributed by atoms with van der Waals surface area (Å²) < 4.78 is 0. The molecule has 1 aromatic carbocycles. The zero-order chi connectivity index (χ0) is 17.0. The van der Waals surface area contributed by atoms with Crippen molar-refractivity contribution in [2.45, 2.75) is 39.2 Å². The standard InChI is InChI=1S/C18H27N3O2/c1-18(2,3)20-17(23)14-9-5-6-10-15(14)19-16(22)13-8-7-11-21(4)12-13/h5-6,9-10,13H,7-8,11-12H2,1-4H3,(H,19,22)(H,20,23)/t13-/m1/s1. The molecular formula is C18H27N3O2. The van der Waals surface area contributed by atoms with Gasteiger partial charge >= 0.3 is 0 Å². The Kier molecular flexibility index (Phi) is 5.42. The molecule has 2 rings (SSSR count). The Bertz CT molecular complexity index is 578. The average molecular weight is 317 g/mol. The van der Waals surface area contributed by atoms with E-state index in [4.69, 9.17) is 0 Å². The van der Waals surface area contributed by atoms with Gasteiger partial charge in [-0.1, -0.05) is 12.1 Å². The molecule has 1 aromatic rings. The van der Waals surface area contributed by atoms with Crippen molar-refractivity contribution in [3.63, 3.8) is 0 Å². The normalized spacial score (nSPS) is 19.2. The topological polar surface area (TPSA) is 61.4 Å². The summed E-state index contributed by atoms with van der Waals surface area (Å²) in [4.78, 5) is 27.1. The molecular weight excluding hydrogens is 290 g/mol. The van der Waals surface area contributed by atoms with Crippen LogP contribution >= 0.6 is 0 Å². The maximum absolute atomic E-state index is 12.5. The van der Waals surface area contributed by atoms with Gasteiger partial charge in [0.1, 0.15) is 0 Å². The molecule has 0 saturated carbocycles. The van der Waals surface area contributed by atoms with Crippen LogP contribution in [-0.4, -0.2) is 42.4 Å². The van der Waals surface area contributed by atoms with Crippen molar-refractivity contribution in [3.05, 3.63) is 29.8 Å². The Hall–Kier alpha value is -1.88. The van der Waals surface area contributed by atoms with Crippen molar-refractivity contribution in [2.75, 3.05) is 25.5 Å². The van der Waals surface area contributed by atoms with Crippen LogP contribution in [0.5, 0.6) is 0 Å². The lowest BCUT2D eigenvalue weighted by Crippen LogP contribution is -2.41. The second kappa shape index (κ2) is 7.13. The molecule has 1 fully saturated rings. The highest BCUT2D eigenvalue weighted by molar-refractivity contribution is 6.04. The first-order valence-electron chi connectivity index (χ1n) is 8.17. The van der Waals surface area contributed by atoms with Crippen LogP contribution in [0.3, 0.4) is 0 Å². The van der Waals surface area contributed by atoms with Gasteiger partial charge in [0.05, 0.1) is 17.2 Å². The highest BCUT2D eigenvalue weighted by atomic mass is 16.2. The molecule has 0 unspecified atom stereocenters. The molecule has 0 aromatic heterocycles. The zero-order valence-electron chi connectivity index (χ0n) is 14.5. The molecule has 1 atom stereocenters. The molecule has 2 N–H and O–H groups in total. The predicted molar refractivity (Wildman–Crippen MR) is 92.5 cm³/mol. The SMILES string of the molecule is CN1CCC[C@@H](C(=O)Nc2ccccc2C(=O)NC(C)(C)C)C1. The van der Waals surface area contributed by atoms with Gasteiger partial charge in [0.15, 0.2) is 0 Å². The Morgan fingerprint density at radius 2 is 1.91 bits per heavy atom. The number of carbonyl (C=O) groups excluding carboxylic acids is 2. The number of benzene rings is 1. The van der Waals surface area contributed by atoms with Gasteiger partial charge in [-0.2, -0.15) is 0 Å². The zero-order valence-corrected chi connectivity index (χ0v) is 14.5. The van der Waals surface area contributed by atoms with Crippen molar-refractivity contribution < 1.29 is 9.59 Å². The van der Waals surface area contributed by atoms with E-state index in [1.54, 1.807) is 12.1 Å². The molecule has 1 aliphatic heterocycles. The van der Waals surface area contributed by atoms with Gasteiger partial charge in [-0.05, 0) is 59.3 Å². The molecule has 0 bridgehead atoms. The highest BCUT2D eigenvalue weighted by Crippen LogP contribution is 2.20. The van der Waals surface area contributed by atoms with Crippen molar-refractivity contribution in [3.8, 4) is 0 Å². The third-order valence-corrected chi connectivity index (χ3v) is 3.91. The molecule has 0 aliphatic carbocycles. The lowest BCUT2D eigenvalue weighted by Gasteiger charge is -2.29. The van der Waals surface area contributed by atoms with E-state index < -0.39 is 0 Å². The number of amides is 2. The van der Waals surface area contributed by atoms with Gasteiger partial charge in [-0.3, -0.25) is 9.59 Å². The van der Waals surface area contributed by atoms with Crippen LogP contribution in [0.4, 0.5) is 5.69 Å². The third kappa shape index (κ3) is 5.06. The van der Waals surface area contributed by atoms with E-state index in [2.05, 4.69) is 15.5 Å². The van der Waals surface area contributed by atoms with Crippen molar-refractivity contribution in [1.29, 1.82) is 0 Å². The largest absolute Gasteiger partial charge is 0.347 e. The Morgan fingerprint density at radius 1 is 1.22 bits per heavy atom. The summed E-state index contributed by atoms with van der Waals surface area (Å²) in [5, 5.41) is 5.88. The van der Waals surface area contributed by atoms with Gasteiger partial charge in [0.25, 0.3) is 5.91 Å². The Balaban J connectivity index is 2.11. The monoisotopic (exact) mass is 317 g/mol. The summed E-state index contributed by atoms with van der Waals surface area (Å²) in [6.45, 7) is 7.61. The van der Waals surface area contributed by atoms with E-state index in [0.717, 1.165) is 25.9 Å². The van der Waals surface area contributed by atoms with E-state index in [9.17, 15) is 9.59 Å². The predicted octanol–water partition coefficient (Wildman–Crippen LogP) is 2.50. The summed E-state index contributed by atoms with van der Waals surface area (Å²) in [7, 11) is 2.03. The van der Waals surface area contributed by atoms with Crippen LogP contribution in [0.15, 0.2) is 24.3 Å². The molecule has 5 heteroatoms. The number of rotatable bonds is 3. The van der Waals surface area contributed by atoms with Crippen molar-refractivity contribution >= 4 is 17.5 Å². The summed E-state index contributed by atoms with van der Waals surface area (Å²) in [6.07, 6.45) is 1.92. The van der Waals surface area contributed by atoms with E-state index in [-0.39, 0.29) is 23.3 Å². The maximum Gasteiger partial charge on any atom is 0.253 e. The van der Waals surface area contributed by atoms with E-state index >= 15 is 0 Å². The number of likely N-dealkylation sites (tertiary alicyclic amines) is 1. The smallest absolute Gasteiger partial charge is 0.253 e. The summed E-state index contributed by atoms with van der Waals surface area (Å²) in [5.41, 5.74) is 0.757. The minimum atomic E-state index is -0.319. The summed E-state index contributed by atoms with van der Waals surface area (Å²) >= 11 is 0. The van der Waals surface area contributed by atoms with Crippen LogP contribution in [0.25, 0.3) is 0 Å². The van der Waals surface area contributed by atoms with Crippen LogP contribution in [0.1, 0.15) is 44.0 Å². The fourth-order valence-electron chi connectivity index (χ4n) is 2.81. The molecule has 1 heterocycles. The maximum atomic E-state index is 12.5. The average Bonchev–Trinajstić information content (AvgIpc) is 2.46. The van der Waals surface area contributed by atoms with E-state index in [1.165, 1.54) is 0 Å². The molecule has 126 valence electrons. The van der Waals surface area contributed by atoms with Crippen LogP contribution < -0.4 is 10.6 Å². The molecule has 5 nitrogen and oxygen atoms in total. The fourth-order valence-corrected chi connectivity index (χ4v) is 2.81. The van der Waals surface area contributed by atoms with Gasteiger partial charge < -0.3 is 15.5 Å². The number of piperidine rings is 1. The fraction of sp³-hybridized carbons (Fsp3) is 0.556. The van der Waals surface area contributed by atoms with E-state index in [1.807, 2.05) is 40.0 Å². The highest BCUT2D eigenvalue weighted by Gasteiger charge is 2.25.